The summed E-state index contributed by atoms with van der Waals surface area (Å²) >= 11 is 3.43. The van der Waals surface area contributed by atoms with Gasteiger partial charge in [-0.1, -0.05) is 22.0 Å². The van der Waals surface area contributed by atoms with Crippen molar-refractivity contribution in [2.45, 2.75) is 6.04 Å². The Bertz CT molecular complexity index is 600. The van der Waals surface area contributed by atoms with Crippen molar-refractivity contribution in [1.82, 2.24) is 15.2 Å². The van der Waals surface area contributed by atoms with Crippen LogP contribution in [0.5, 0.6) is 11.5 Å². The van der Waals surface area contributed by atoms with Crippen LogP contribution in [0.3, 0.4) is 0 Å². The molecule has 108 valence electrons. The maximum absolute atomic E-state index is 5.74. The molecule has 0 bridgehead atoms. The number of benzene rings is 1. The van der Waals surface area contributed by atoms with Crippen molar-refractivity contribution in [2.24, 2.45) is 12.9 Å². The van der Waals surface area contributed by atoms with Crippen LogP contribution in [0, 0.1) is 0 Å². The molecule has 0 aliphatic rings. The van der Waals surface area contributed by atoms with E-state index in [1.54, 1.807) is 25.1 Å². The van der Waals surface area contributed by atoms with E-state index in [4.69, 9.17) is 15.3 Å². The van der Waals surface area contributed by atoms with Crippen molar-refractivity contribution in [3.8, 4) is 11.5 Å². The molecule has 20 heavy (non-hydrogen) atoms. The molecule has 1 aromatic carbocycles. The monoisotopic (exact) mass is 340 g/mol. The summed E-state index contributed by atoms with van der Waals surface area (Å²) in [6, 6.07) is 5.48. The van der Waals surface area contributed by atoms with Gasteiger partial charge in [-0.3, -0.25) is 10.5 Å². The quantitative estimate of drug-likeness (QED) is 0.640. The topological polar surface area (TPSA) is 74.3 Å². The summed E-state index contributed by atoms with van der Waals surface area (Å²) in [5.74, 6) is 7.13. The van der Waals surface area contributed by atoms with Crippen molar-refractivity contribution in [3.63, 3.8) is 0 Å². The van der Waals surface area contributed by atoms with E-state index in [0.29, 0.717) is 5.75 Å². The highest BCUT2D eigenvalue weighted by molar-refractivity contribution is 9.10. The van der Waals surface area contributed by atoms with Gasteiger partial charge in [0.05, 0.1) is 26.5 Å². The summed E-state index contributed by atoms with van der Waals surface area (Å²) in [5, 5.41) is 4.20. The second kappa shape index (κ2) is 6.25. The number of nitrogens with zero attached hydrogens (tertiary/aromatic N) is 2. The number of methoxy groups -OCH3 is 2. The second-order valence-corrected chi connectivity index (χ2v) is 5.12. The van der Waals surface area contributed by atoms with Gasteiger partial charge in [-0.2, -0.15) is 5.10 Å². The maximum atomic E-state index is 5.74. The molecule has 1 heterocycles. The smallest absolute Gasteiger partial charge is 0.161 e. The molecular weight excluding hydrogens is 324 g/mol. The number of halogens is 1. The van der Waals surface area contributed by atoms with Crippen LogP contribution < -0.4 is 20.7 Å². The van der Waals surface area contributed by atoms with Crippen molar-refractivity contribution >= 4 is 15.9 Å². The van der Waals surface area contributed by atoms with Gasteiger partial charge in [0.2, 0.25) is 0 Å². The highest BCUT2D eigenvalue weighted by atomic mass is 79.9. The first-order valence-electron chi connectivity index (χ1n) is 5.97. The Morgan fingerprint density at radius 1 is 1.30 bits per heavy atom. The van der Waals surface area contributed by atoms with Gasteiger partial charge in [-0.05, 0) is 12.1 Å². The van der Waals surface area contributed by atoms with E-state index in [2.05, 4.69) is 26.5 Å². The molecule has 7 heteroatoms. The van der Waals surface area contributed by atoms with E-state index in [-0.39, 0.29) is 6.04 Å². The first kappa shape index (κ1) is 14.8. The van der Waals surface area contributed by atoms with Crippen molar-refractivity contribution in [3.05, 3.63) is 40.1 Å². The molecule has 2 aromatic rings. The summed E-state index contributed by atoms with van der Waals surface area (Å²) in [5.41, 5.74) is 4.53. The SMILES string of the molecule is COc1cc(Br)ccc1C(NN)c1c(OC)cnn1C. The maximum Gasteiger partial charge on any atom is 0.161 e. The van der Waals surface area contributed by atoms with Crippen LogP contribution in [-0.2, 0) is 7.05 Å². The van der Waals surface area contributed by atoms with Crippen LogP contribution in [0.2, 0.25) is 0 Å². The molecule has 0 saturated carbocycles. The van der Waals surface area contributed by atoms with Gasteiger partial charge < -0.3 is 9.47 Å². The van der Waals surface area contributed by atoms with Gasteiger partial charge in [-0.25, -0.2) is 5.43 Å². The van der Waals surface area contributed by atoms with E-state index in [0.717, 1.165) is 21.5 Å². The molecule has 0 radical (unpaired) electrons. The zero-order valence-corrected chi connectivity index (χ0v) is 13.1. The first-order valence-corrected chi connectivity index (χ1v) is 6.77. The van der Waals surface area contributed by atoms with Crippen molar-refractivity contribution < 1.29 is 9.47 Å². The predicted molar refractivity (Wildman–Crippen MR) is 79.6 cm³/mol. The van der Waals surface area contributed by atoms with Gasteiger partial charge in [-0.15, -0.1) is 0 Å². The average Bonchev–Trinajstić information content (AvgIpc) is 2.82. The summed E-state index contributed by atoms with van der Waals surface area (Å²) in [4.78, 5) is 0. The fourth-order valence-corrected chi connectivity index (χ4v) is 2.49. The minimum atomic E-state index is -0.291. The van der Waals surface area contributed by atoms with Crippen LogP contribution in [0.4, 0.5) is 0 Å². The van der Waals surface area contributed by atoms with Crippen molar-refractivity contribution in [1.29, 1.82) is 0 Å². The van der Waals surface area contributed by atoms with E-state index >= 15 is 0 Å². The molecule has 2 rings (SSSR count). The number of hydrazine groups is 1. The third-order valence-corrected chi connectivity index (χ3v) is 3.61. The number of ether oxygens (including phenoxy) is 2. The van der Waals surface area contributed by atoms with Crippen LogP contribution in [0.15, 0.2) is 28.9 Å². The van der Waals surface area contributed by atoms with Gasteiger partial charge in [0.1, 0.15) is 11.4 Å². The molecule has 6 nitrogen and oxygen atoms in total. The fourth-order valence-electron chi connectivity index (χ4n) is 2.15. The number of hydrogen-bond donors (Lipinski definition) is 2. The number of rotatable bonds is 5. The Kier molecular flexibility index (Phi) is 4.64. The van der Waals surface area contributed by atoms with Crippen LogP contribution in [0.1, 0.15) is 17.3 Å². The molecule has 0 saturated heterocycles. The number of nitrogens with two attached hydrogens (primary N) is 1. The zero-order chi connectivity index (χ0) is 14.7. The van der Waals surface area contributed by atoms with E-state index < -0.39 is 0 Å². The van der Waals surface area contributed by atoms with Crippen LogP contribution in [0.25, 0.3) is 0 Å². The Balaban J connectivity index is 2.55. The van der Waals surface area contributed by atoms with E-state index in [9.17, 15) is 0 Å². The second-order valence-electron chi connectivity index (χ2n) is 4.21. The molecule has 0 aliphatic heterocycles. The van der Waals surface area contributed by atoms with Crippen molar-refractivity contribution in [2.75, 3.05) is 14.2 Å². The molecule has 0 amide bonds. The third-order valence-electron chi connectivity index (χ3n) is 3.12. The molecule has 1 aromatic heterocycles. The summed E-state index contributed by atoms with van der Waals surface area (Å²) in [6.45, 7) is 0. The molecule has 0 spiro atoms. The lowest BCUT2D eigenvalue weighted by atomic mass is 10.0. The summed E-state index contributed by atoms with van der Waals surface area (Å²) in [6.07, 6.45) is 1.66. The first-order chi connectivity index (χ1) is 9.62. The average molecular weight is 341 g/mol. The van der Waals surface area contributed by atoms with Gasteiger partial charge >= 0.3 is 0 Å². The number of nitrogens with one attached hydrogen (secondary N) is 1. The van der Waals surface area contributed by atoms with Gasteiger partial charge in [0, 0.05) is 17.1 Å². The number of hydrogen-bond acceptors (Lipinski definition) is 5. The molecule has 3 N–H and O–H groups in total. The standard InChI is InChI=1S/C13H17BrN4O2/c1-18-13(11(20-3)7-16-18)12(17-15)9-5-4-8(14)6-10(9)19-2/h4-7,12,17H,15H2,1-3H3. The molecule has 1 atom stereocenters. The van der Waals surface area contributed by atoms with Gasteiger partial charge in [0.25, 0.3) is 0 Å². The molecule has 0 fully saturated rings. The minimum Gasteiger partial charge on any atom is -0.496 e. The lowest BCUT2D eigenvalue weighted by Gasteiger charge is -2.20. The fraction of sp³-hybridized carbons (Fsp3) is 0.308. The normalized spacial score (nSPS) is 12.2. The highest BCUT2D eigenvalue weighted by Crippen LogP contribution is 2.35. The zero-order valence-electron chi connectivity index (χ0n) is 11.6. The Morgan fingerprint density at radius 3 is 2.60 bits per heavy atom. The van der Waals surface area contributed by atoms with Crippen LogP contribution in [-0.4, -0.2) is 24.0 Å². The lowest BCUT2D eigenvalue weighted by Crippen LogP contribution is -2.31. The largest absolute Gasteiger partial charge is 0.496 e. The summed E-state index contributed by atoms with van der Waals surface area (Å²) < 4.78 is 13.4. The molecule has 0 aliphatic carbocycles. The Hall–Kier alpha value is -1.57. The van der Waals surface area contributed by atoms with Crippen LogP contribution >= 0.6 is 15.9 Å². The van der Waals surface area contributed by atoms with E-state index in [1.165, 1.54) is 0 Å². The van der Waals surface area contributed by atoms with E-state index in [1.807, 2.05) is 25.2 Å². The third kappa shape index (κ3) is 2.65. The predicted octanol–water partition coefficient (Wildman–Crippen LogP) is 1.75. The number of aryl methyl sites for hydroxylation is 1. The molecular formula is C13H17BrN4O2. The number of aromatic nitrogens is 2. The molecule has 1 unspecified atom stereocenters. The van der Waals surface area contributed by atoms with Gasteiger partial charge in [0.15, 0.2) is 5.75 Å². The summed E-state index contributed by atoms with van der Waals surface area (Å²) in [7, 11) is 5.07. The lowest BCUT2D eigenvalue weighted by molar-refractivity contribution is 0.390. The Labute approximate surface area is 126 Å². The highest BCUT2D eigenvalue weighted by Gasteiger charge is 2.24. The minimum absolute atomic E-state index is 0.291. The Morgan fingerprint density at radius 2 is 2.00 bits per heavy atom.